The van der Waals surface area contributed by atoms with Gasteiger partial charge in [-0.1, -0.05) is 92.4 Å². The molecule has 0 saturated carbocycles. The van der Waals surface area contributed by atoms with E-state index >= 15 is 0 Å². The highest BCUT2D eigenvalue weighted by atomic mass is 16.4. The summed E-state index contributed by atoms with van der Waals surface area (Å²) < 4.78 is 0. The summed E-state index contributed by atoms with van der Waals surface area (Å²) in [6.07, 6.45) is 13.8. The largest absolute Gasteiger partial charge is 0.481 e. The van der Waals surface area contributed by atoms with E-state index < -0.39 is 17.9 Å². The normalized spacial score (nSPS) is 10.2. The number of hydrogen-bond acceptors (Lipinski definition) is 3. The Morgan fingerprint density at radius 1 is 0.516 bits per heavy atom. The third kappa shape index (κ3) is 47.6. The van der Waals surface area contributed by atoms with Gasteiger partial charge in [0, 0.05) is 19.3 Å². The highest BCUT2D eigenvalue weighted by molar-refractivity contribution is 5.67. The number of aliphatic carboxylic acids is 3. The summed E-state index contributed by atoms with van der Waals surface area (Å²) in [5.41, 5.74) is 0. The second-order valence-corrected chi connectivity index (χ2v) is 8.98. The van der Waals surface area contributed by atoms with Crippen LogP contribution >= 0.6 is 0 Å². The van der Waals surface area contributed by atoms with Gasteiger partial charge >= 0.3 is 17.9 Å². The van der Waals surface area contributed by atoms with Crippen LogP contribution in [0, 0.1) is 11.8 Å². The molecule has 0 bridgehead atoms. The van der Waals surface area contributed by atoms with Crippen LogP contribution in [0.25, 0.3) is 0 Å². The Morgan fingerprint density at radius 3 is 1.03 bits per heavy atom. The number of hydrogen-bond donors (Lipinski definition) is 3. The quantitative estimate of drug-likeness (QED) is 0.201. The predicted molar refractivity (Wildman–Crippen MR) is 128 cm³/mol. The topological polar surface area (TPSA) is 112 Å². The van der Waals surface area contributed by atoms with E-state index in [9.17, 15) is 14.4 Å². The third-order valence-corrected chi connectivity index (χ3v) is 4.59. The summed E-state index contributed by atoms with van der Waals surface area (Å²) in [6, 6.07) is 0. The lowest BCUT2D eigenvalue weighted by Crippen LogP contribution is -1.94. The van der Waals surface area contributed by atoms with Gasteiger partial charge in [-0.3, -0.25) is 14.4 Å². The first kappa shape index (κ1) is 34.0. The highest BCUT2D eigenvalue weighted by Crippen LogP contribution is 2.09. The van der Waals surface area contributed by atoms with E-state index in [0.717, 1.165) is 56.8 Å². The molecule has 0 aromatic carbocycles. The van der Waals surface area contributed by atoms with Crippen molar-refractivity contribution < 1.29 is 29.7 Å². The Balaban J connectivity index is -0.000000382. The molecule has 186 valence electrons. The number of carbonyl (C=O) groups is 3. The van der Waals surface area contributed by atoms with Crippen molar-refractivity contribution in [3.8, 4) is 0 Å². The molecule has 0 unspecified atom stereocenters. The summed E-state index contributed by atoms with van der Waals surface area (Å²) in [6.45, 7) is 10.9. The molecular weight excluding hydrogens is 396 g/mol. The van der Waals surface area contributed by atoms with E-state index in [1.54, 1.807) is 0 Å². The molecule has 0 saturated heterocycles. The first-order valence-corrected chi connectivity index (χ1v) is 12.2. The van der Waals surface area contributed by atoms with Crippen molar-refractivity contribution in [2.24, 2.45) is 11.8 Å². The standard InChI is InChI=1S/2C9H18O2.C7H14O2/c2*1-8(2)6-4-3-5-7-9(10)11;1-2-3-4-5-6-7(8)9/h2*8H,3-7H2,1-2H3,(H,10,11);2-6H2,1H3,(H,8,9). The monoisotopic (exact) mass is 446 g/mol. The Hall–Kier alpha value is -1.59. The van der Waals surface area contributed by atoms with E-state index in [4.69, 9.17) is 15.3 Å². The minimum absolute atomic E-state index is 0.331. The SMILES string of the molecule is CC(C)CCCCCC(=O)O.CC(C)CCCCCC(=O)O.CCCCCCC(=O)O. The number of carboxylic acid groups (broad SMARTS) is 3. The molecule has 0 aromatic rings. The van der Waals surface area contributed by atoms with Crippen LogP contribution in [-0.2, 0) is 14.4 Å². The van der Waals surface area contributed by atoms with Crippen molar-refractivity contribution in [2.75, 3.05) is 0 Å². The summed E-state index contributed by atoms with van der Waals surface area (Å²) in [5.74, 6) is -0.519. The van der Waals surface area contributed by atoms with Gasteiger partial charge in [-0.2, -0.15) is 0 Å². The average Bonchev–Trinajstić information content (AvgIpc) is 2.64. The lowest BCUT2D eigenvalue weighted by molar-refractivity contribution is -0.138. The second kappa shape index (κ2) is 26.4. The Morgan fingerprint density at radius 2 is 0.806 bits per heavy atom. The minimum atomic E-state index is -0.675. The minimum Gasteiger partial charge on any atom is -0.481 e. The molecule has 0 amide bonds. The molecule has 0 aliphatic carbocycles. The van der Waals surface area contributed by atoms with Gasteiger partial charge in [-0.25, -0.2) is 0 Å². The van der Waals surface area contributed by atoms with Crippen molar-refractivity contribution >= 4 is 17.9 Å². The maximum atomic E-state index is 10.1. The van der Waals surface area contributed by atoms with Crippen LogP contribution in [0.3, 0.4) is 0 Å². The summed E-state index contributed by atoms with van der Waals surface area (Å²) >= 11 is 0. The zero-order valence-corrected chi connectivity index (χ0v) is 20.8. The van der Waals surface area contributed by atoms with Gasteiger partial charge in [0.25, 0.3) is 0 Å². The predicted octanol–water partition coefficient (Wildman–Crippen LogP) is 7.40. The fraction of sp³-hybridized carbons (Fsp3) is 0.880. The summed E-state index contributed by atoms with van der Waals surface area (Å²) in [5, 5.41) is 24.9. The van der Waals surface area contributed by atoms with Crippen LogP contribution in [0.2, 0.25) is 0 Å². The molecule has 31 heavy (non-hydrogen) atoms. The van der Waals surface area contributed by atoms with Gasteiger partial charge < -0.3 is 15.3 Å². The molecule has 0 atom stereocenters. The number of carboxylic acids is 3. The Bertz CT molecular complexity index is 390. The molecule has 0 aliphatic rings. The van der Waals surface area contributed by atoms with Crippen molar-refractivity contribution in [1.82, 2.24) is 0 Å². The van der Waals surface area contributed by atoms with E-state index in [1.807, 2.05) is 0 Å². The van der Waals surface area contributed by atoms with E-state index in [-0.39, 0.29) is 0 Å². The first-order valence-electron chi connectivity index (χ1n) is 12.2. The molecule has 0 rings (SSSR count). The molecule has 6 heteroatoms. The van der Waals surface area contributed by atoms with Crippen LogP contribution in [0.1, 0.15) is 131 Å². The second-order valence-electron chi connectivity index (χ2n) is 8.98. The first-order chi connectivity index (χ1) is 14.5. The molecule has 0 fully saturated rings. The van der Waals surface area contributed by atoms with Crippen LogP contribution < -0.4 is 0 Å². The van der Waals surface area contributed by atoms with Crippen molar-refractivity contribution in [2.45, 2.75) is 131 Å². The number of unbranched alkanes of at least 4 members (excludes halogenated alkanes) is 7. The lowest BCUT2D eigenvalue weighted by Gasteiger charge is -2.02. The molecular formula is C25H50O6. The molecule has 6 nitrogen and oxygen atoms in total. The third-order valence-electron chi connectivity index (χ3n) is 4.59. The van der Waals surface area contributed by atoms with Crippen molar-refractivity contribution in [3.63, 3.8) is 0 Å². The zero-order chi connectivity index (χ0) is 24.5. The van der Waals surface area contributed by atoms with Crippen molar-refractivity contribution in [1.29, 1.82) is 0 Å². The van der Waals surface area contributed by atoms with E-state index in [1.165, 1.54) is 32.1 Å². The van der Waals surface area contributed by atoms with Crippen LogP contribution in [0.4, 0.5) is 0 Å². The van der Waals surface area contributed by atoms with Gasteiger partial charge in [0.1, 0.15) is 0 Å². The van der Waals surface area contributed by atoms with E-state index in [0.29, 0.717) is 19.3 Å². The average molecular weight is 447 g/mol. The summed E-state index contributed by atoms with van der Waals surface area (Å²) in [4.78, 5) is 30.2. The summed E-state index contributed by atoms with van der Waals surface area (Å²) in [7, 11) is 0. The fourth-order valence-electron chi connectivity index (χ4n) is 2.71. The maximum Gasteiger partial charge on any atom is 0.303 e. The smallest absolute Gasteiger partial charge is 0.303 e. The Labute approximate surface area is 190 Å². The molecule has 0 aliphatic heterocycles. The molecule has 0 heterocycles. The van der Waals surface area contributed by atoms with Gasteiger partial charge in [-0.15, -0.1) is 0 Å². The molecule has 0 aromatic heterocycles. The van der Waals surface area contributed by atoms with E-state index in [2.05, 4.69) is 34.6 Å². The molecule has 0 radical (unpaired) electrons. The zero-order valence-electron chi connectivity index (χ0n) is 20.8. The maximum absolute atomic E-state index is 10.1. The van der Waals surface area contributed by atoms with Gasteiger partial charge in [0.05, 0.1) is 0 Å². The molecule has 3 N–H and O–H groups in total. The van der Waals surface area contributed by atoms with Gasteiger partial charge in [-0.05, 0) is 31.1 Å². The van der Waals surface area contributed by atoms with Gasteiger partial charge in [0.15, 0.2) is 0 Å². The number of rotatable bonds is 17. The van der Waals surface area contributed by atoms with Crippen LogP contribution in [-0.4, -0.2) is 33.2 Å². The van der Waals surface area contributed by atoms with Crippen LogP contribution in [0.5, 0.6) is 0 Å². The van der Waals surface area contributed by atoms with Crippen molar-refractivity contribution in [3.05, 3.63) is 0 Å². The fourth-order valence-corrected chi connectivity index (χ4v) is 2.71. The Kier molecular flexibility index (Phi) is 29.0. The lowest BCUT2D eigenvalue weighted by atomic mass is 10.0. The van der Waals surface area contributed by atoms with Crippen LogP contribution in [0.15, 0.2) is 0 Å². The van der Waals surface area contributed by atoms with Gasteiger partial charge in [0.2, 0.25) is 0 Å². The highest BCUT2D eigenvalue weighted by Gasteiger charge is 1.98. The molecule has 0 spiro atoms.